The third-order valence-corrected chi connectivity index (χ3v) is 2.77. The number of carbonyl (C=O) groups is 1. The van der Waals surface area contributed by atoms with Crippen LogP contribution in [0.15, 0.2) is 24.3 Å². The molecule has 0 unspecified atom stereocenters. The van der Waals surface area contributed by atoms with Crippen LogP contribution in [0.2, 0.25) is 0 Å². The molecular weight excluding hydrogens is 246 g/mol. The predicted octanol–water partition coefficient (Wildman–Crippen LogP) is 1.85. The summed E-state index contributed by atoms with van der Waals surface area (Å²) >= 11 is 0. The SMILES string of the molecule is CC(C)c1c(C(=O)O)nnn1Cc1cccc(O)c1. The van der Waals surface area contributed by atoms with E-state index in [9.17, 15) is 9.90 Å². The monoisotopic (exact) mass is 261 g/mol. The standard InChI is InChI=1S/C13H15N3O3/c1-8(2)12-11(13(18)19)14-15-16(12)7-9-4-3-5-10(17)6-9/h3-6,8,17H,7H2,1-2H3,(H,18,19). The molecular formula is C13H15N3O3. The molecule has 19 heavy (non-hydrogen) atoms. The van der Waals surface area contributed by atoms with Gasteiger partial charge < -0.3 is 10.2 Å². The van der Waals surface area contributed by atoms with Crippen molar-refractivity contribution in [3.05, 3.63) is 41.2 Å². The van der Waals surface area contributed by atoms with E-state index < -0.39 is 5.97 Å². The number of carboxylic acids is 1. The lowest BCUT2D eigenvalue weighted by atomic mass is 10.1. The van der Waals surface area contributed by atoms with Crippen LogP contribution in [0, 0.1) is 0 Å². The highest BCUT2D eigenvalue weighted by atomic mass is 16.4. The molecule has 0 bridgehead atoms. The molecule has 6 nitrogen and oxygen atoms in total. The Morgan fingerprint density at radius 3 is 2.74 bits per heavy atom. The number of aromatic nitrogens is 3. The van der Waals surface area contributed by atoms with E-state index in [1.807, 2.05) is 19.9 Å². The molecule has 0 amide bonds. The number of nitrogens with zero attached hydrogens (tertiary/aromatic N) is 3. The highest BCUT2D eigenvalue weighted by Crippen LogP contribution is 2.19. The summed E-state index contributed by atoms with van der Waals surface area (Å²) in [5.41, 5.74) is 1.40. The normalized spacial score (nSPS) is 10.9. The molecule has 0 aliphatic carbocycles. The second-order valence-electron chi connectivity index (χ2n) is 4.61. The van der Waals surface area contributed by atoms with Crippen molar-refractivity contribution >= 4 is 5.97 Å². The number of benzene rings is 1. The van der Waals surface area contributed by atoms with Crippen molar-refractivity contribution in [2.24, 2.45) is 0 Å². The summed E-state index contributed by atoms with van der Waals surface area (Å²) in [7, 11) is 0. The Hall–Kier alpha value is -2.37. The van der Waals surface area contributed by atoms with Crippen molar-refractivity contribution in [1.29, 1.82) is 0 Å². The Morgan fingerprint density at radius 2 is 2.16 bits per heavy atom. The van der Waals surface area contributed by atoms with Crippen LogP contribution in [-0.4, -0.2) is 31.2 Å². The highest BCUT2D eigenvalue weighted by Gasteiger charge is 2.21. The Balaban J connectivity index is 2.38. The van der Waals surface area contributed by atoms with Gasteiger partial charge in [-0.3, -0.25) is 0 Å². The van der Waals surface area contributed by atoms with E-state index in [2.05, 4.69) is 10.3 Å². The molecule has 0 saturated heterocycles. The molecule has 1 aromatic heterocycles. The van der Waals surface area contributed by atoms with Crippen LogP contribution < -0.4 is 0 Å². The van der Waals surface area contributed by atoms with Gasteiger partial charge in [0, 0.05) is 0 Å². The third kappa shape index (κ3) is 2.73. The quantitative estimate of drug-likeness (QED) is 0.876. The zero-order chi connectivity index (χ0) is 14.0. The van der Waals surface area contributed by atoms with Gasteiger partial charge in [-0.15, -0.1) is 5.10 Å². The Morgan fingerprint density at radius 1 is 1.42 bits per heavy atom. The number of rotatable bonds is 4. The van der Waals surface area contributed by atoms with Crippen LogP contribution in [0.5, 0.6) is 5.75 Å². The third-order valence-electron chi connectivity index (χ3n) is 2.77. The molecule has 2 N–H and O–H groups in total. The van der Waals surface area contributed by atoms with Crippen molar-refractivity contribution < 1.29 is 15.0 Å². The van der Waals surface area contributed by atoms with Crippen LogP contribution in [0.1, 0.15) is 41.5 Å². The van der Waals surface area contributed by atoms with Crippen molar-refractivity contribution in [1.82, 2.24) is 15.0 Å². The first-order valence-electron chi connectivity index (χ1n) is 5.93. The van der Waals surface area contributed by atoms with Gasteiger partial charge in [-0.25, -0.2) is 9.48 Å². The lowest BCUT2D eigenvalue weighted by molar-refractivity contribution is 0.0688. The molecule has 0 saturated carbocycles. The maximum absolute atomic E-state index is 11.1. The number of aromatic hydroxyl groups is 1. The lowest BCUT2D eigenvalue weighted by Gasteiger charge is -2.10. The number of aromatic carboxylic acids is 1. The Kier molecular flexibility index (Phi) is 3.50. The van der Waals surface area contributed by atoms with E-state index >= 15 is 0 Å². The maximum atomic E-state index is 11.1. The lowest BCUT2D eigenvalue weighted by Crippen LogP contribution is -2.10. The number of hydrogen-bond donors (Lipinski definition) is 2. The second kappa shape index (κ2) is 5.09. The molecule has 0 radical (unpaired) electrons. The predicted molar refractivity (Wildman–Crippen MR) is 68.3 cm³/mol. The van der Waals surface area contributed by atoms with Gasteiger partial charge in [-0.2, -0.15) is 0 Å². The zero-order valence-corrected chi connectivity index (χ0v) is 10.7. The van der Waals surface area contributed by atoms with Crippen LogP contribution >= 0.6 is 0 Å². The van der Waals surface area contributed by atoms with Gasteiger partial charge >= 0.3 is 5.97 Å². The molecule has 0 spiro atoms. The van der Waals surface area contributed by atoms with E-state index in [4.69, 9.17) is 5.11 Å². The average Bonchev–Trinajstić information content (AvgIpc) is 2.73. The molecule has 6 heteroatoms. The summed E-state index contributed by atoms with van der Waals surface area (Å²) in [4.78, 5) is 11.1. The summed E-state index contributed by atoms with van der Waals surface area (Å²) in [6, 6.07) is 6.77. The molecule has 1 heterocycles. The minimum absolute atomic E-state index is 0.00147. The first-order chi connectivity index (χ1) is 8.99. The first kappa shape index (κ1) is 13.1. The molecule has 2 rings (SSSR count). The van der Waals surface area contributed by atoms with Gasteiger partial charge in [0.1, 0.15) is 5.75 Å². The molecule has 1 aromatic carbocycles. The zero-order valence-electron chi connectivity index (χ0n) is 10.7. The topological polar surface area (TPSA) is 88.2 Å². The van der Waals surface area contributed by atoms with Crippen molar-refractivity contribution in [2.45, 2.75) is 26.3 Å². The van der Waals surface area contributed by atoms with E-state index in [-0.39, 0.29) is 17.4 Å². The number of carboxylic acid groups (broad SMARTS) is 1. The molecule has 0 fully saturated rings. The fraction of sp³-hybridized carbons (Fsp3) is 0.308. The molecule has 0 aliphatic heterocycles. The number of phenols is 1. The van der Waals surface area contributed by atoms with E-state index in [0.29, 0.717) is 12.2 Å². The van der Waals surface area contributed by atoms with Crippen molar-refractivity contribution in [3.8, 4) is 5.75 Å². The molecule has 100 valence electrons. The van der Waals surface area contributed by atoms with E-state index in [1.54, 1.807) is 22.9 Å². The first-order valence-corrected chi connectivity index (χ1v) is 5.93. The largest absolute Gasteiger partial charge is 0.508 e. The summed E-state index contributed by atoms with van der Waals surface area (Å²) in [6.45, 7) is 4.16. The summed E-state index contributed by atoms with van der Waals surface area (Å²) in [5.74, 6) is -0.911. The van der Waals surface area contributed by atoms with Crippen LogP contribution in [0.25, 0.3) is 0 Å². The smallest absolute Gasteiger partial charge is 0.358 e. The Labute approximate surface area is 110 Å². The molecule has 0 aliphatic rings. The summed E-state index contributed by atoms with van der Waals surface area (Å²) < 4.78 is 1.56. The maximum Gasteiger partial charge on any atom is 0.358 e. The number of phenolic OH excluding ortho intramolecular Hbond substituents is 1. The fourth-order valence-corrected chi connectivity index (χ4v) is 1.99. The van der Waals surface area contributed by atoms with Gasteiger partial charge in [0.2, 0.25) is 0 Å². The van der Waals surface area contributed by atoms with Gasteiger partial charge in [0.25, 0.3) is 0 Å². The average molecular weight is 261 g/mol. The second-order valence-corrected chi connectivity index (χ2v) is 4.61. The minimum Gasteiger partial charge on any atom is -0.508 e. The van der Waals surface area contributed by atoms with E-state index in [1.165, 1.54) is 0 Å². The van der Waals surface area contributed by atoms with Gasteiger partial charge in [-0.1, -0.05) is 31.2 Å². The summed E-state index contributed by atoms with van der Waals surface area (Å²) in [5, 5.41) is 26.1. The van der Waals surface area contributed by atoms with Crippen molar-refractivity contribution in [2.75, 3.05) is 0 Å². The van der Waals surface area contributed by atoms with Gasteiger partial charge in [0.15, 0.2) is 5.69 Å². The highest BCUT2D eigenvalue weighted by molar-refractivity contribution is 5.86. The summed E-state index contributed by atoms with van der Waals surface area (Å²) in [6.07, 6.45) is 0. The van der Waals surface area contributed by atoms with Crippen LogP contribution in [0.3, 0.4) is 0 Å². The van der Waals surface area contributed by atoms with Gasteiger partial charge in [-0.05, 0) is 23.6 Å². The fourth-order valence-electron chi connectivity index (χ4n) is 1.99. The minimum atomic E-state index is -1.08. The Bertz CT molecular complexity index is 605. The molecule has 2 aromatic rings. The van der Waals surface area contributed by atoms with Crippen molar-refractivity contribution in [3.63, 3.8) is 0 Å². The number of hydrogen-bond acceptors (Lipinski definition) is 4. The van der Waals surface area contributed by atoms with Crippen LogP contribution in [0.4, 0.5) is 0 Å². The van der Waals surface area contributed by atoms with Gasteiger partial charge in [0.05, 0.1) is 12.2 Å². The molecule has 0 atom stereocenters. The van der Waals surface area contributed by atoms with Crippen LogP contribution in [-0.2, 0) is 6.54 Å². The van der Waals surface area contributed by atoms with E-state index in [0.717, 1.165) is 5.56 Å².